The Balaban J connectivity index is 3.00. The highest BCUT2D eigenvalue weighted by molar-refractivity contribution is 5.97. The van der Waals surface area contributed by atoms with Crippen LogP contribution in [0.1, 0.15) is 19.3 Å². The standard InChI is InChI=1S/C8H16O3Si/c1-2-8(9)10-6-4-3-5-7-11-12/h2H,1,3-7H2,12H3. The van der Waals surface area contributed by atoms with Gasteiger partial charge in [0, 0.05) is 12.7 Å². The van der Waals surface area contributed by atoms with Crippen LogP contribution in [-0.2, 0) is 14.0 Å². The predicted molar refractivity (Wildman–Crippen MR) is 50.9 cm³/mol. The Labute approximate surface area is 76.3 Å². The second-order valence-corrected chi connectivity index (χ2v) is 3.00. The van der Waals surface area contributed by atoms with E-state index in [-0.39, 0.29) is 5.97 Å². The monoisotopic (exact) mass is 188 g/mol. The van der Waals surface area contributed by atoms with E-state index in [4.69, 9.17) is 9.16 Å². The minimum absolute atomic E-state index is 0.339. The second kappa shape index (κ2) is 8.48. The molecule has 0 N–H and O–H groups in total. The summed E-state index contributed by atoms with van der Waals surface area (Å²) in [6, 6.07) is 0. The molecule has 0 aliphatic heterocycles. The van der Waals surface area contributed by atoms with Gasteiger partial charge in [-0.2, -0.15) is 0 Å². The summed E-state index contributed by atoms with van der Waals surface area (Å²) in [5.41, 5.74) is 0. The molecule has 0 aromatic rings. The van der Waals surface area contributed by atoms with Crippen LogP contribution in [0.4, 0.5) is 0 Å². The van der Waals surface area contributed by atoms with Crippen molar-refractivity contribution in [1.82, 2.24) is 0 Å². The lowest BCUT2D eigenvalue weighted by Crippen LogP contribution is -2.02. The van der Waals surface area contributed by atoms with Crippen LogP contribution in [0.3, 0.4) is 0 Å². The van der Waals surface area contributed by atoms with Gasteiger partial charge in [0.25, 0.3) is 0 Å². The van der Waals surface area contributed by atoms with E-state index in [1.165, 1.54) is 6.08 Å². The number of unbranched alkanes of at least 4 members (excludes halogenated alkanes) is 2. The average molecular weight is 188 g/mol. The number of esters is 1. The minimum atomic E-state index is -0.339. The Morgan fingerprint density at radius 3 is 2.58 bits per heavy atom. The van der Waals surface area contributed by atoms with Crippen molar-refractivity contribution in [2.75, 3.05) is 13.2 Å². The number of rotatable bonds is 7. The summed E-state index contributed by atoms with van der Waals surface area (Å²) in [6.45, 7) is 4.63. The molecule has 0 atom stereocenters. The highest BCUT2D eigenvalue weighted by atomic mass is 28.2. The van der Waals surface area contributed by atoms with Gasteiger partial charge in [0.2, 0.25) is 0 Å². The molecule has 3 nitrogen and oxygen atoms in total. The van der Waals surface area contributed by atoms with Gasteiger partial charge in [0.15, 0.2) is 0 Å². The van der Waals surface area contributed by atoms with E-state index in [0.717, 1.165) is 36.4 Å². The van der Waals surface area contributed by atoms with Crippen LogP contribution in [0.15, 0.2) is 12.7 Å². The molecule has 0 amide bonds. The lowest BCUT2D eigenvalue weighted by molar-refractivity contribution is -0.137. The molecule has 0 saturated carbocycles. The number of hydrogen-bond donors (Lipinski definition) is 0. The van der Waals surface area contributed by atoms with Crippen molar-refractivity contribution < 1.29 is 14.0 Å². The summed E-state index contributed by atoms with van der Waals surface area (Å²) < 4.78 is 9.79. The van der Waals surface area contributed by atoms with Crippen LogP contribution in [0, 0.1) is 0 Å². The smallest absolute Gasteiger partial charge is 0.330 e. The van der Waals surface area contributed by atoms with Crippen molar-refractivity contribution >= 4 is 16.5 Å². The molecule has 0 aromatic heterocycles. The summed E-state index contributed by atoms with van der Waals surface area (Å²) in [5.74, 6) is -0.339. The van der Waals surface area contributed by atoms with Gasteiger partial charge in [-0.1, -0.05) is 6.58 Å². The highest BCUT2D eigenvalue weighted by Gasteiger charge is 1.94. The van der Waals surface area contributed by atoms with Gasteiger partial charge in [-0.25, -0.2) is 4.79 Å². The van der Waals surface area contributed by atoms with E-state index in [2.05, 4.69) is 6.58 Å². The zero-order valence-corrected chi connectivity index (χ0v) is 9.54. The van der Waals surface area contributed by atoms with Crippen molar-refractivity contribution in [3.63, 3.8) is 0 Å². The van der Waals surface area contributed by atoms with Crippen molar-refractivity contribution in [2.24, 2.45) is 0 Å². The maximum Gasteiger partial charge on any atom is 0.330 e. The molecular weight excluding hydrogens is 172 g/mol. The van der Waals surface area contributed by atoms with Crippen LogP contribution in [0.2, 0.25) is 0 Å². The molecule has 0 aliphatic carbocycles. The maximum atomic E-state index is 10.5. The molecule has 0 heterocycles. The van der Waals surface area contributed by atoms with Crippen LogP contribution in [0.5, 0.6) is 0 Å². The second-order valence-electron chi connectivity index (χ2n) is 2.43. The van der Waals surface area contributed by atoms with Crippen LogP contribution >= 0.6 is 0 Å². The van der Waals surface area contributed by atoms with Gasteiger partial charge in [-0.05, 0) is 19.3 Å². The van der Waals surface area contributed by atoms with E-state index in [1.54, 1.807) is 0 Å². The first kappa shape index (κ1) is 11.4. The van der Waals surface area contributed by atoms with Gasteiger partial charge in [-0.3, -0.25) is 0 Å². The van der Waals surface area contributed by atoms with Crippen molar-refractivity contribution in [2.45, 2.75) is 19.3 Å². The first-order valence-corrected chi connectivity index (χ1v) is 4.91. The SMILES string of the molecule is C=CC(=O)OCCCCCO[SiH3]. The molecular formula is C8H16O3Si. The molecule has 0 radical (unpaired) electrons. The number of carbonyl (C=O) groups excluding carboxylic acids is 1. The molecule has 0 unspecified atom stereocenters. The van der Waals surface area contributed by atoms with Crippen LogP contribution in [-0.4, -0.2) is 29.7 Å². The Bertz CT molecular complexity index is 136. The van der Waals surface area contributed by atoms with E-state index in [9.17, 15) is 4.79 Å². The topological polar surface area (TPSA) is 35.5 Å². The van der Waals surface area contributed by atoms with E-state index >= 15 is 0 Å². The fourth-order valence-corrected chi connectivity index (χ4v) is 1.05. The van der Waals surface area contributed by atoms with Gasteiger partial charge < -0.3 is 9.16 Å². The van der Waals surface area contributed by atoms with Gasteiger partial charge in [-0.15, -0.1) is 0 Å². The summed E-state index contributed by atoms with van der Waals surface area (Å²) in [7, 11) is 0.807. The molecule has 4 heteroatoms. The largest absolute Gasteiger partial charge is 0.463 e. The third kappa shape index (κ3) is 7.49. The Morgan fingerprint density at radius 2 is 2.00 bits per heavy atom. The average Bonchev–Trinajstić information content (AvgIpc) is 2.10. The van der Waals surface area contributed by atoms with Crippen molar-refractivity contribution in [3.05, 3.63) is 12.7 Å². The van der Waals surface area contributed by atoms with Crippen LogP contribution in [0.25, 0.3) is 0 Å². The number of carbonyl (C=O) groups is 1. The lowest BCUT2D eigenvalue weighted by Gasteiger charge is -2.01. The summed E-state index contributed by atoms with van der Waals surface area (Å²) in [4.78, 5) is 10.5. The van der Waals surface area contributed by atoms with Crippen molar-refractivity contribution in [1.29, 1.82) is 0 Å². The molecule has 0 bridgehead atoms. The lowest BCUT2D eigenvalue weighted by atomic mass is 10.2. The molecule has 0 rings (SSSR count). The molecule has 0 aromatic carbocycles. The zero-order valence-electron chi connectivity index (χ0n) is 7.54. The minimum Gasteiger partial charge on any atom is -0.463 e. The zero-order chi connectivity index (χ0) is 9.23. The van der Waals surface area contributed by atoms with Gasteiger partial charge >= 0.3 is 5.97 Å². The fourth-order valence-electron chi connectivity index (χ4n) is 0.757. The van der Waals surface area contributed by atoms with E-state index in [1.807, 2.05) is 0 Å². The Hall–Kier alpha value is -0.613. The molecule has 12 heavy (non-hydrogen) atoms. The Morgan fingerprint density at radius 1 is 1.33 bits per heavy atom. The summed E-state index contributed by atoms with van der Waals surface area (Å²) in [6.07, 6.45) is 4.19. The van der Waals surface area contributed by atoms with Crippen LogP contribution < -0.4 is 0 Å². The third-order valence-electron chi connectivity index (χ3n) is 1.40. The predicted octanol–water partition coefficient (Wildman–Crippen LogP) is 0.183. The Kier molecular flexibility index (Phi) is 8.05. The molecule has 0 fully saturated rings. The van der Waals surface area contributed by atoms with Crippen molar-refractivity contribution in [3.8, 4) is 0 Å². The first-order valence-electron chi connectivity index (χ1n) is 4.09. The molecule has 70 valence electrons. The quantitative estimate of drug-likeness (QED) is 0.247. The van der Waals surface area contributed by atoms with E-state index < -0.39 is 0 Å². The van der Waals surface area contributed by atoms with Gasteiger partial charge in [0.05, 0.1) is 6.61 Å². The first-order chi connectivity index (χ1) is 5.81. The number of hydrogen-bond acceptors (Lipinski definition) is 3. The molecule has 0 saturated heterocycles. The molecule has 0 spiro atoms. The summed E-state index contributed by atoms with van der Waals surface area (Å²) >= 11 is 0. The summed E-state index contributed by atoms with van der Waals surface area (Å²) in [5, 5.41) is 0. The normalized spacial score (nSPS) is 9.67. The number of ether oxygens (including phenoxy) is 1. The maximum absolute atomic E-state index is 10.5. The highest BCUT2D eigenvalue weighted by Crippen LogP contribution is 1.95. The van der Waals surface area contributed by atoms with Gasteiger partial charge in [0.1, 0.15) is 10.5 Å². The molecule has 0 aliphatic rings. The van der Waals surface area contributed by atoms with E-state index in [0.29, 0.717) is 6.61 Å². The fraction of sp³-hybridized carbons (Fsp3) is 0.625. The third-order valence-corrected chi connectivity index (χ3v) is 1.81.